The van der Waals surface area contributed by atoms with Crippen LogP contribution in [0.4, 0.5) is 0 Å². The maximum absolute atomic E-state index is 5.86. The maximum Gasteiger partial charge on any atom is 0.0767 e. The largest absolute Gasteiger partial charge is 0.310 e. The predicted molar refractivity (Wildman–Crippen MR) is 67.3 cm³/mol. The zero-order valence-electron chi connectivity index (χ0n) is 9.35. The van der Waals surface area contributed by atoms with Gasteiger partial charge in [0, 0.05) is 25.5 Å². The molecule has 1 unspecified atom stereocenters. The Bertz CT molecular complexity index is 323. The Balaban J connectivity index is 2.64. The summed E-state index contributed by atoms with van der Waals surface area (Å²) in [5.74, 6) is 0. The second-order valence-electron chi connectivity index (χ2n) is 3.60. The molecule has 1 aromatic heterocycles. The molecule has 0 radical (unpaired) electrons. The van der Waals surface area contributed by atoms with E-state index in [0.29, 0.717) is 0 Å². The van der Waals surface area contributed by atoms with Gasteiger partial charge in [-0.15, -0.1) is 11.6 Å². The lowest BCUT2D eigenvalue weighted by molar-refractivity contribution is 0.619. The number of aromatic nitrogens is 2. The van der Waals surface area contributed by atoms with Gasteiger partial charge in [-0.3, -0.25) is 4.68 Å². The molecule has 0 aromatic carbocycles. The molecule has 0 aliphatic carbocycles. The van der Waals surface area contributed by atoms with Crippen molar-refractivity contribution in [1.29, 1.82) is 0 Å². The molecule has 0 amide bonds. The van der Waals surface area contributed by atoms with Crippen LogP contribution < -0.4 is 5.32 Å². The molecule has 15 heavy (non-hydrogen) atoms. The van der Waals surface area contributed by atoms with Gasteiger partial charge in [-0.2, -0.15) is 5.10 Å². The molecular weight excluding hydrogens is 277 g/mol. The van der Waals surface area contributed by atoms with Crippen LogP contribution >= 0.6 is 27.5 Å². The van der Waals surface area contributed by atoms with E-state index in [0.717, 1.165) is 29.7 Å². The summed E-state index contributed by atoms with van der Waals surface area (Å²) < 4.78 is 3.02. The Hall–Kier alpha value is -0.0600. The molecular formula is C10H17BrClN3. The highest BCUT2D eigenvalue weighted by Gasteiger charge is 2.11. The van der Waals surface area contributed by atoms with Crippen LogP contribution in [0.5, 0.6) is 0 Å². The van der Waals surface area contributed by atoms with Crippen LogP contribution in [0.25, 0.3) is 0 Å². The highest BCUT2D eigenvalue weighted by molar-refractivity contribution is 9.10. The minimum absolute atomic E-state index is 0.155. The molecule has 3 nitrogen and oxygen atoms in total. The Morgan fingerprint density at radius 1 is 1.60 bits per heavy atom. The van der Waals surface area contributed by atoms with E-state index in [1.807, 2.05) is 18.7 Å². The molecule has 5 heteroatoms. The second-order valence-corrected chi connectivity index (χ2v) is 5.13. The molecule has 1 aromatic rings. The zero-order chi connectivity index (χ0) is 11.4. The normalized spacial score (nSPS) is 13.1. The predicted octanol–water partition coefficient (Wildman–Crippen LogP) is 2.46. The number of halogens is 2. The summed E-state index contributed by atoms with van der Waals surface area (Å²) in [7, 11) is 1.96. The van der Waals surface area contributed by atoms with Gasteiger partial charge in [0.15, 0.2) is 0 Å². The van der Waals surface area contributed by atoms with Gasteiger partial charge in [-0.05, 0) is 29.3 Å². The van der Waals surface area contributed by atoms with Gasteiger partial charge in [0.1, 0.15) is 0 Å². The number of nitrogens with one attached hydrogen (secondary N) is 1. The first-order valence-corrected chi connectivity index (χ1v) is 6.34. The van der Waals surface area contributed by atoms with Crippen molar-refractivity contribution in [3.05, 3.63) is 15.9 Å². The average molecular weight is 295 g/mol. The minimum atomic E-state index is 0.155. The quantitative estimate of drug-likeness (QED) is 0.846. The van der Waals surface area contributed by atoms with Crippen LogP contribution in [-0.4, -0.2) is 21.7 Å². The summed E-state index contributed by atoms with van der Waals surface area (Å²) >= 11 is 9.43. The summed E-state index contributed by atoms with van der Waals surface area (Å²) in [6.07, 6.45) is 0.945. The van der Waals surface area contributed by atoms with Crippen molar-refractivity contribution in [3.8, 4) is 0 Å². The van der Waals surface area contributed by atoms with E-state index >= 15 is 0 Å². The Labute approximate surface area is 104 Å². The number of nitrogens with zero attached hydrogens (tertiary/aromatic N) is 2. The fourth-order valence-electron chi connectivity index (χ4n) is 1.40. The van der Waals surface area contributed by atoms with E-state index in [2.05, 4.69) is 33.3 Å². The third-order valence-electron chi connectivity index (χ3n) is 2.22. The van der Waals surface area contributed by atoms with Crippen LogP contribution in [0.2, 0.25) is 0 Å². The molecule has 1 atom stereocenters. The van der Waals surface area contributed by atoms with Crippen LogP contribution in [-0.2, 0) is 20.0 Å². The van der Waals surface area contributed by atoms with Crippen molar-refractivity contribution in [2.24, 2.45) is 7.05 Å². The SMILES string of the molecule is CCc1nn(C)c(CNCC(C)Cl)c1Br. The highest BCUT2D eigenvalue weighted by Crippen LogP contribution is 2.21. The van der Waals surface area contributed by atoms with Crippen LogP contribution in [0, 0.1) is 0 Å². The standard InChI is InChI=1S/C10H17BrClN3/c1-4-8-10(11)9(15(3)14-8)6-13-5-7(2)12/h7,13H,4-6H2,1-3H3. The number of rotatable bonds is 5. The van der Waals surface area contributed by atoms with Gasteiger partial charge >= 0.3 is 0 Å². The first kappa shape index (κ1) is 13.0. The van der Waals surface area contributed by atoms with Crippen molar-refractivity contribution in [2.45, 2.75) is 32.2 Å². The van der Waals surface area contributed by atoms with E-state index in [1.165, 1.54) is 5.69 Å². The van der Waals surface area contributed by atoms with Crippen molar-refractivity contribution in [1.82, 2.24) is 15.1 Å². The van der Waals surface area contributed by atoms with Crippen LogP contribution in [0.3, 0.4) is 0 Å². The van der Waals surface area contributed by atoms with Crippen molar-refractivity contribution >= 4 is 27.5 Å². The molecule has 0 saturated heterocycles. The smallest absolute Gasteiger partial charge is 0.0767 e. The lowest BCUT2D eigenvalue weighted by atomic mass is 10.3. The maximum atomic E-state index is 5.86. The number of hydrogen-bond donors (Lipinski definition) is 1. The molecule has 1 heterocycles. The van der Waals surface area contributed by atoms with E-state index in [-0.39, 0.29) is 5.38 Å². The second kappa shape index (κ2) is 5.87. The molecule has 0 bridgehead atoms. The molecule has 0 saturated carbocycles. The number of aryl methyl sites for hydroxylation is 2. The molecule has 86 valence electrons. The monoisotopic (exact) mass is 293 g/mol. The van der Waals surface area contributed by atoms with Gasteiger partial charge in [-0.25, -0.2) is 0 Å². The highest BCUT2D eigenvalue weighted by atomic mass is 79.9. The molecule has 0 spiro atoms. The fraction of sp³-hybridized carbons (Fsp3) is 0.700. The van der Waals surface area contributed by atoms with Crippen molar-refractivity contribution in [3.63, 3.8) is 0 Å². The minimum Gasteiger partial charge on any atom is -0.310 e. The van der Waals surface area contributed by atoms with Crippen molar-refractivity contribution < 1.29 is 0 Å². The van der Waals surface area contributed by atoms with Crippen LogP contribution in [0.1, 0.15) is 25.2 Å². The summed E-state index contributed by atoms with van der Waals surface area (Å²) in [5, 5.41) is 7.88. The lowest BCUT2D eigenvalue weighted by Gasteiger charge is -2.06. The average Bonchev–Trinajstić information content (AvgIpc) is 2.44. The van der Waals surface area contributed by atoms with Gasteiger partial charge in [0.25, 0.3) is 0 Å². The first-order chi connectivity index (χ1) is 7.06. The Morgan fingerprint density at radius 2 is 2.27 bits per heavy atom. The van der Waals surface area contributed by atoms with Gasteiger partial charge < -0.3 is 5.32 Å². The fourth-order valence-corrected chi connectivity index (χ4v) is 2.27. The van der Waals surface area contributed by atoms with Crippen LogP contribution in [0.15, 0.2) is 4.47 Å². The van der Waals surface area contributed by atoms with E-state index < -0.39 is 0 Å². The Morgan fingerprint density at radius 3 is 2.73 bits per heavy atom. The summed E-state index contributed by atoms with van der Waals surface area (Å²) in [6, 6.07) is 0. The number of hydrogen-bond acceptors (Lipinski definition) is 2. The van der Waals surface area contributed by atoms with Crippen molar-refractivity contribution in [2.75, 3.05) is 6.54 Å². The Kier molecular flexibility index (Phi) is 5.09. The molecule has 0 aliphatic heterocycles. The third-order valence-corrected chi connectivity index (χ3v) is 3.29. The first-order valence-electron chi connectivity index (χ1n) is 5.11. The topological polar surface area (TPSA) is 29.9 Å². The molecule has 0 fully saturated rings. The summed E-state index contributed by atoms with van der Waals surface area (Å²) in [5.41, 5.74) is 2.28. The van der Waals surface area contributed by atoms with E-state index in [4.69, 9.17) is 11.6 Å². The van der Waals surface area contributed by atoms with Gasteiger partial charge in [0.2, 0.25) is 0 Å². The van der Waals surface area contributed by atoms with Gasteiger partial charge in [0.05, 0.1) is 15.9 Å². The van der Waals surface area contributed by atoms with E-state index in [1.54, 1.807) is 0 Å². The lowest BCUT2D eigenvalue weighted by Crippen LogP contribution is -2.22. The number of alkyl halides is 1. The molecule has 0 aliphatic rings. The third kappa shape index (κ3) is 3.47. The summed E-state index contributed by atoms with van der Waals surface area (Å²) in [6.45, 7) is 5.68. The summed E-state index contributed by atoms with van der Waals surface area (Å²) in [4.78, 5) is 0. The molecule has 1 N–H and O–H groups in total. The zero-order valence-corrected chi connectivity index (χ0v) is 11.7. The van der Waals surface area contributed by atoms with Gasteiger partial charge in [-0.1, -0.05) is 6.92 Å². The molecule has 1 rings (SSSR count). The van der Waals surface area contributed by atoms with E-state index in [9.17, 15) is 0 Å².